The Morgan fingerprint density at radius 2 is 1.79 bits per heavy atom. The number of carboxylic acid groups (broad SMARTS) is 1. The average Bonchev–Trinajstić information content (AvgIpc) is 3.08. The quantitative estimate of drug-likeness (QED) is 0.631. The smallest absolute Gasteiger partial charge is 0.306 e. The number of phenols is 1. The van der Waals surface area contributed by atoms with E-state index < -0.39 is 11.9 Å². The number of rotatable bonds is 7. The van der Waals surface area contributed by atoms with Gasteiger partial charge >= 0.3 is 5.97 Å². The van der Waals surface area contributed by atoms with Gasteiger partial charge in [0.2, 0.25) is 0 Å². The number of carboxylic acids is 1. The van der Waals surface area contributed by atoms with Gasteiger partial charge in [0.05, 0.1) is 5.92 Å². The first-order valence-corrected chi connectivity index (χ1v) is 9.61. The van der Waals surface area contributed by atoms with Gasteiger partial charge in [-0.2, -0.15) is 0 Å². The zero-order valence-corrected chi connectivity index (χ0v) is 17.2. The number of aliphatic carboxylic acids is 1. The first kappa shape index (κ1) is 20.8. The molecular formula is C22H27N3O4. The molecule has 0 fully saturated rings. The third-order valence-corrected chi connectivity index (χ3v) is 4.96. The number of aromatic nitrogens is 3. The van der Waals surface area contributed by atoms with Gasteiger partial charge in [-0.1, -0.05) is 39.0 Å². The molecule has 0 radical (unpaired) electrons. The fourth-order valence-electron chi connectivity index (χ4n) is 3.34. The SMILES string of the molecule is COCCC(Cc1cc(-n2nc3ccccc3n2)c(O)c(C(C)(C)C)c1)C(=O)O. The molecule has 0 aliphatic rings. The minimum Gasteiger partial charge on any atom is -0.505 e. The van der Waals surface area contributed by atoms with Gasteiger partial charge in [-0.05, 0) is 42.0 Å². The monoisotopic (exact) mass is 397 g/mol. The summed E-state index contributed by atoms with van der Waals surface area (Å²) in [4.78, 5) is 13.1. The van der Waals surface area contributed by atoms with Crippen molar-refractivity contribution in [3.63, 3.8) is 0 Å². The fourth-order valence-corrected chi connectivity index (χ4v) is 3.34. The topological polar surface area (TPSA) is 97.5 Å². The molecule has 0 aliphatic carbocycles. The number of nitrogens with zero attached hydrogens (tertiary/aromatic N) is 3. The van der Waals surface area contributed by atoms with Crippen LogP contribution in [0.25, 0.3) is 16.7 Å². The summed E-state index contributed by atoms with van der Waals surface area (Å²) in [6.45, 7) is 6.38. The van der Waals surface area contributed by atoms with E-state index in [1.165, 1.54) is 4.80 Å². The zero-order chi connectivity index (χ0) is 21.2. The minimum absolute atomic E-state index is 0.102. The summed E-state index contributed by atoms with van der Waals surface area (Å²) >= 11 is 0. The van der Waals surface area contributed by atoms with E-state index in [2.05, 4.69) is 10.2 Å². The first-order valence-electron chi connectivity index (χ1n) is 9.61. The van der Waals surface area contributed by atoms with Gasteiger partial charge in [0.1, 0.15) is 22.5 Å². The highest BCUT2D eigenvalue weighted by Gasteiger charge is 2.25. The molecule has 29 heavy (non-hydrogen) atoms. The standard InChI is InChI=1S/C22H27N3O4/c1-22(2,3)16-12-14(11-15(21(27)28)9-10-29-4)13-19(20(16)26)25-23-17-7-5-6-8-18(17)24-25/h5-8,12-13,15,26H,9-11H2,1-4H3,(H,27,28). The number of benzene rings is 2. The maximum Gasteiger partial charge on any atom is 0.306 e. The van der Waals surface area contributed by atoms with Crippen molar-refractivity contribution in [3.05, 3.63) is 47.5 Å². The van der Waals surface area contributed by atoms with Crippen LogP contribution in [0.5, 0.6) is 5.75 Å². The predicted octanol–water partition coefficient (Wildman–Crippen LogP) is 3.70. The second-order valence-electron chi connectivity index (χ2n) is 8.26. The lowest BCUT2D eigenvalue weighted by Crippen LogP contribution is -2.20. The van der Waals surface area contributed by atoms with E-state index in [9.17, 15) is 15.0 Å². The van der Waals surface area contributed by atoms with Gasteiger partial charge in [0.15, 0.2) is 0 Å². The van der Waals surface area contributed by atoms with Crippen LogP contribution in [0.4, 0.5) is 0 Å². The third kappa shape index (κ3) is 4.56. The predicted molar refractivity (Wildman–Crippen MR) is 111 cm³/mol. The molecule has 0 saturated carbocycles. The van der Waals surface area contributed by atoms with Crippen LogP contribution in [-0.2, 0) is 21.4 Å². The molecule has 0 saturated heterocycles. The summed E-state index contributed by atoms with van der Waals surface area (Å²) in [6.07, 6.45) is 0.743. The lowest BCUT2D eigenvalue weighted by Gasteiger charge is -2.23. The van der Waals surface area contributed by atoms with Crippen molar-refractivity contribution in [2.75, 3.05) is 13.7 Å². The van der Waals surface area contributed by atoms with Crippen LogP contribution in [0.2, 0.25) is 0 Å². The van der Waals surface area contributed by atoms with E-state index >= 15 is 0 Å². The molecule has 154 valence electrons. The van der Waals surface area contributed by atoms with Crippen LogP contribution in [0, 0.1) is 5.92 Å². The van der Waals surface area contributed by atoms with Crippen molar-refractivity contribution in [1.82, 2.24) is 15.0 Å². The molecular weight excluding hydrogens is 370 g/mol. The van der Waals surface area contributed by atoms with E-state index in [1.807, 2.05) is 51.1 Å². The summed E-state index contributed by atoms with van der Waals surface area (Å²) in [7, 11) is 1.56. The molecule has 3 aromatic rings. The summed E-state index contributed by atoms with van der Waals surface area (Å²) in [6, 6.07) is 11.1. The number of aromatic hydroxyl groups is 1. The van der Waals surface area contributed by atoms with Crippen LogP contribution in [-0.4, -0.2) is 44.9 Å². The molecule has 7 nitrogen and oxygen atoms in total. The van der Waals surface area contributed by atoms with Crippen molar-refractivity contribution in [3.8, 4) is 11.4 Å². The highest BCUT2D eigenvalue weighted by Crippen LogP contribution is 2.37. The van der Waals surface area contributed by atoms with Crippen LogP contribution in [0.1, 0.15) is 38.3 Å². The highest BCUT2D eigenvalue weighted by molar-refractivity contribution is 5.74. The largest absolute Gasteiger partial charge is 0.505 e. The molecule has 1 heterocycles. The van der Waals surface area contributed by atoms with Crippen LogP contribution < -0.4 is 0 Å². The normalized spacial score (nSPS) is 13.0. The van der Waals surface area contributed by atoms with Gasteiger partial charge < -0.3 is 14.9 Å². The number of ether oxygens (including phenoxy) is 1. The maximum atomic E-state index is 11.7. The Morgan fingerprint density at radius 1 is 1.17 bits per heavy atom. The lowest BCUT2D eigenvalue weighted by molar-refractivity contribution is -0.142. The fraction of sp³-hybridized carbons (Fsp3) is 0.409. The number of hydrogen-bond acceptors (Lipinski definition) is 5. The van der Waals surface area contributed by atoms with Gasteiger partial charge in [-0.25, -0.2) is 0 Å². The van der Waals surface area contributed by atoms with E-state index in [1.54, 1.807) is 13.2 Å². The summed E-state index contributed by atoms with van der Waals surface area (Å²) in [5.41, 5.74) is 3.08. The lowest BCUT2D eigenvalue weighted by atomic mass is 9.83. The Labute approximate surface area is 169 Å². The molecule has 0 aliphatic heterocycles. The van der Waals surface area contributed by atoms with Gasteiger partial charge in [-0.15, -0.1) is 15.0 Å². The molecule has 3 rings (SSSR count). The van der Waals surface area contributed by atoms with E-state index in [0.29, 0.717) is 25.1 Å². The molecule has 1 unspecified atom stereocenters. The van der Waals surface area contributed by atoms with E-state index in [4.69, 9.17) is 4.74 Å². The summed E-state index contributed by atoms with van der Waals surface area (Å²) < 4.78 is 5.06. The van der Waals surface area contributed by atoms with Crippen molar-refractivity contribution in [2.45, 2.75) is 39.0 Å². The maximum absolute atomic E-state index is 11.7. The van der Waals surface area contributed by atoms with Crippen molar-refractivity contribution >= 4 is 17.0 Å². The molecule has 2 N–H and O–H groups in total. The number of hydrogen-bond donors (Lipinski definition) is 2. The summed E-state index contributed by atoms with van der Waals surface area (Å²) in [5.74, 6) is -1.34. The number of methoxy groups -OCH3 is 1. The van der Waals surface area contributed by atoms with E-state index in [-0.39, 0.29) is 11.2 Å². The molecule has 1 atom stereocenters. The Bertz CT molecular complexity index is 988. The molecule has 2 aromatic carbocycles. The van der Waals surface area contributed by atoms with Crippen LogP contribution in [0.3, 0.4) is 0 Å². The Balaban J connectivity index is 2.10. The second-order valence-corrected chi connectivity index (χ2v) is 8.26. The second kappa shape index (κ2) is 8.21. The van der Waals surface area contributed by atoms with E-state index in [0.717, 1.165) is 22.2 Å². The summed E-state index contributed by atoms with van der Waals surface area (Å²) in [5, 5.41) is 29.5. The van der Waals surface area contributed by atoms with Gasteiger partial charge in [0.25, 0.3) is 0 Å². The number of phenolic OH excluding ortho intramolecular Hbond substituents is 1. The van der Waals surface area contributed by atoms with Crippen LogP contribution in [0.15, 0.2) is 36.4 Å². The zero-order valence-electron chi connectivity index (χ0n) is 17.2. The molecule has 0 spiro atoms. The molecule has 1 aromatic heterocycles. The molecule has 7 heteroatoms. The Morgan fingerprint density at radius 3 is 2.31 bits per heavy atom. The first-order chi connectivity index (χ1) is 13.7. The Kier molecular flexibility index (Phi) is 5.88. The average molecular weight is 397 g/mol. The van der Waals surface area contributed by atoms with Gasteiger partial charge in [-0.3, -0.25) is 4.79 Å². The van der Waals surface area contributed by atoms with Crippen molar-refractivity contribution < 1.29 is 19.7 Å². The highest BCUT2D eigenvalue weighted by atomic mass is 16.5. The van der Waals surface area contributed by atoms with Crippen molar-refractivity contribution in [2.24, 2.45) is 5.92 Å². The number of fused-ring (bicyclic) bond motifs is 1. The Hall–Kier alpha value is -2.93. The van der Waals surface area contributed by atoms with Gasteiger partial charge in [0, 0.05) is 19.3 Å². The molecule has 0 bridgehead atoms. The number of carbonyl (C=O) groups is 1. The minimum atomic E-state index is -0.864. The van der Waals surface area contributed by atoms with Crippen molar-refractivity contribution in [1.29, 1.82) is 0 Å². The third-order valence-electron chi connectivity index (χ3n) is 4.96. The van der Waals surface area contributed by atoms with Crippen LogP contribution >= 0.6 is 0 Å². The molecule has 0 amide bonds.